The van der Waals surface area contributed by atoms with Gasteiger partial charge in [0.25, 0.3) is 5.56 Å². The zero-order valence-electron chi connectivity index (χ0n) is 15.9. The highest BCUT2D eigenvalue weighted by molar-refractivity contribution is 5.79. The van der Waals surface area contributed by atoms with Crippen LogP contribution in [0.1, 0.15) is 24.8 Å². The van der Waals surface area contributed by atoms with Gasteiger partial charge in [-0.15, -0.1) is 0 Å². The molecule has 2 fully saturated rings. The summed E-state index contributed by atoms with van der Waals surface area (Å²) in [5, 5.41) is 7.50. The third-order valence-corrected chi connectivity index (χ3v) is 5.54. The Morgan fingerprint density at radius 2 is 1.96 bits per heavy atom. The van der Waals surface area contributed by atoms with Crippen LogP contribution in [-0.2, 0) is 16.1 Å². The van der Waals surface area contributed by atoms with Crippen LogP contribution in [0.25, 0.3) is 0 Å². The minimum Gasteiger partial charge on any atom is -0.381 e. The Labute approximate surface area is 164 Å². The molecule has 1 amide bonds. The van der Waals surface area contributed by atoms with E-state index in [1.54, 1.807) is 12.3 Å². The summed E-state index contributed by atoms with van der Waals surface area (Å²) in [7, 11) is 0. The van der Waals surface area contributed by atoms with Gasteiger partial charge in [0.05, 0.1) is 31.0 Å². The van der Waals surface area contributed by atoms with Gasteiger partial charge in [-0.05, 0) is 24.8 Å². The molecule has 1 aromatic heterocycles. The number of aromatic nitrogens is 2. The number of ether oxygens (including phenoxy) is 1. The summed E-state index contributed by atoms with van der Waals surface area (Å²) in [5.41, 5.74) is 1.80. The van der Waals surface area contributed by atoms with Crippen LogP contribution in [-0.4, -0.2) is 48.0 Å². The summed E-state index contributed by atoms with van der Waals surface area (Å²) in [6, 6.07) is 11.7. The van der Waals surface area contributed by atoms with Gasteiger partial charge in [0, 0.05) is 31.8 Å². The maximum Gasteiger partial charge on any atom is 0.269 e. The van der Waals surface area contributed by atoms with E-state index in [9.17, 15) is 9.59 Å². The molecular weight excluding hydrogens is 356 g/mol. The fourth-order valence-corrected chi connectivity index (χ4v) is 3.81. The average molecular weight is 382 g/mol. The SMILES string of the molecule is O=C(NC1CCN(c2cnn(Cc3ccccc3)c(=O)c2)CC1)C1CCOC1. The van der Waals surface area contributed by atoms with Crippen LogP contribution in [0.15, 0.2) is 47.4 Å². The van der Waals surface area contributed by atoms with Crippen LogP contribution in [0.3, 0.4) is 0 Å². The zero-order chi connectivity index (χ0) is 19.3. The topological polar surface area (TPSA) is 76.5 Å². The number of nitrogens with zero attached hydrogens (tertiary/aromatic N) is 3. The molecule has 2 saturated heterocycles. The van der Waals surface area contributed by atoms with Gasteiger partial charge in [0.15, 0.2) is 0 Å². The van der Waals surface area contributed by atoms with Gasteiger partial charge >= 0.3 is 0 Å². The van der Waals surface area contributed by atoms with Crippen molar-refractivity contribution in [2.45, 2.75) is 31.8 Å². The molecule has 0 spiro atoms. The highest BCUT2D eigenvalue weighted by Crippen LogP contribution is 2.19. The molecule has 1 unspecified atom stereocenters. The number of carbonyl (C=O) groups excluding carboxylic acids is 1. The Kier molecular flexibility index (Phi) is 5.71. The van der Waals surface area contributed by atoms with E-state index in [4.69, 9.17) is 4.74 Å². The van der Waals surface area contributed by atoms with Crippen LogP contribution in [0, 0.1) is 5.92 Å². The van der Waals surface area contributed by atoms with E-state index >= 15 is 0 Å². The molecule has 0 aliphatic carbocycles. The van der Waals surface area contributed by atoms with E-state index in [1.165, 1.54) is 4.68 Å². The molecule has 4 rings (SSSR count). The molecular formula is C21H26N4O3. The summed E-state index contributed by atoms with van der Waals surface area (Å²) >= 11 is 0. The number of amides is 1. The maximum absolute atomic E-state index is 12.4. The van der Waals surface area contributed by atoms with Crippen LogP contribution >= 0.6 is 0 Å². The zero-order valence-corrected chi connectivity index (χ0v) is 15.9. The predicted octanol–water partition coefficient (Wildman–Crippen LogP) is 1.41. The fourth-order valence-electron chi connectivity index (χ4n) is 3.81. The molecule has 0 bridgehead atoms. The van der Waals surface area contributed by atoms with Crippen LogP contribution in [0.5, 0.6) is 0 Å². The van der Waals surface area contributed by atoms with Crippen molar-refractivity contribution in [3.8, 4) is 0 Å². The lowest BCUT2D eigenvalue weighted by atomic mass is 10.0. The monoisotopic (exact) mass is 382 g/mol. The average Bonchev–Trinajstić information content (AvgIpc) is 3.26. The molecule has 28 heavy (non-hydrogen) atoms. The van der Waals surface area contributed by atoms with E-state index in [0.717, 1.165) is 43.6 Å². The van der Waals surface area contributed by atoms with Gasteiger partial charge in [-0.1, -0.05) is 30.3 Å². The number of hydrogen-bond acceptors (Lipinski definition) is 5. The first-order valence-electron chi connectivity index (χ1n) is 9.93. The molecule has 3 heterocycles. The molecule has 2 aliphatic rings. The number of carbonyl (C=O) groups is 1. The normalized spacial score (nSPS) is 20.3. The Hall–Kier alpha value is -2.67. The molecule has 7 heteroatoms. The van der Waals surface area contributed by atoms with E-state index in [-0.39, 0.29) is 23.4 Å². The van der Waals surface area contributed by atoms with Crippen molar-refractivity contribution in [3.63, 3.8) is 0 Å². The van der Waals surface area contributed by atoms with Crippen molar-refractivity contribution in [3.05, 3.63) is 58.5 Å². The largest absolute Gasteiger partial charge is 0.381 e. The molecule has 1 N–H and O–H groups in total. The second-order valence-electron chi connectivity index (χ2n) is 7.53. The lowest BCUT2D eigenvalue weighted by Crippen LogP contribution is -2.46. The van der Waals surface area contributed by atoms with Crippen LogP contribution in [0.2, 0.25) is 0 Å². The molecule has 7 nitrogen and oxygen atoms in total. The summed E-state index contributed by atoms with van der Waals surface area (Å²) in [5.74, 6) is 0.112. The summed E-state index contributed by atoms with van der Waals surface area (Å²) in [6.07, 6.45) is 4.31. The second kappa shape index (κ2) is 8.56. The number of nitrogens with one attached hydrogen (secondary N) is 1. The third-order valence-electron chi connectivity index (χ3n) is 5.54. The van der Waals surface area contributed by atoms with E-state index in [1.807, 2.05) is 30.3 Å². The molecule has 2 aliphatic heterocycles. The van der Waals surface area contributed by atoms with E-state index in [0.29, 0.717) is 19.8 Å². The van der Waals surface area contributed by atoms with Gasteiger partial charge in [-0.25, -0.2) is 4.68 Å². The van der Waals surface area contributed by atoms with Crippen molar-refractivity contribution in [2.24, 2.45) is 5.92 Å². The summed E-state index contributed by atoms with van der Waals surface area (Å²) in [6.45, 7) is 3.29. The Balaban J connectivity index is 1.32. The van der Waals surface area contributed by atoms with Crippen molar-refractivity contribution in [2.75, 3.05) is 31.2 Å². The Bertz CT molecular complexity index is 853. The van der Waals surface area contributed by atoms with Crippen LogP contribution in [0.4, 0.5) is 5.69 Å². The molecule has 2 aromatic rings. The molecule has 148 valence electrons. The molecule has 1 aromatic carbocycles. The van der Waals surface area contributed by atoms with Gasteiger partial charge in [0.2, 0.25) is 5.91 Å². The number of anilines is 1. The quantitative estimate of drug-likeness (QED) is 0.846. The first-order valence-corrected chi connectivity index (χ1v) is 9.93. The highest BCUT2D eigenvalue weighted by atomic mass is 16.5. The number of rotatable bonds is 5. The van der Waals surface area contributed by atoms with E-state index < -0.39 is 0 Å². The molecule has 0 saturated carbocycles. The molecule has 0 radical (unpaired) electrons. The lowest BCUT2D eigenvalue weighted by Gasteiger charge is -2.34. The highest BCUT2D eigenvalue weighted by Gasteiger charge is 2.27. The third kappa shape index (κ3) is 4.42. The first-order chi connectivity index (χ1) is 13.7. The smallest absolute Gasteiger partial charge is 0.269 e. The summed E-state index contributed by atoms with van der Waals surface area (Å²) < 4.78 is 6.77. The van der Waals surface area contributed by atoms with Gasteiger partial charge in [-0.3, -0.25) is 9.59 Å². The minimum absolute atomic E-state index is 0.000523. The number of benzene rings is 1. The van der Waals surface area contributed by atoms with Crippen molar-refractivity contribution >= 4 is 11.6 Å². The fraction of sp³-hybridized carbons (Fsp3) is 0.476. The van der Waals surface area contributed by atoms with Crippen molar-refractivity contribution < 1.29 is 9.53 Å². The van der Waals surface area contributed by atoms with Crippen molar-refractivity contribution in [1.82, 2.24) is 15.1 Å². The minimum atomic E-state index is -0.0991. The van der Waals surface area contributed by atoms with Crippen molar-refractivity contribution in [1.29, 1.82) is 0 Å². The Morgan fingerprint density at radius 1 is 1.18 bits per heavy atom. The van der Waals surface area contributed by atoms with Gasteiger partial charge in [0.1, 0.15) is 0 Å². The number of piperidine rings is 1. The number of hydrogen-bond donors (Lipinski definition) is 1. The maximum atomic E-state index is 12.4. The summed E-state index contributed by atoms with van der Waals surface area (Å²) in [4.78, 5) is 26.9. The van der Waals surface area contributed by atoms with Gasteiger partial charge < -0.3 is 15.0 Å². The molecule has 1 atom stereocenters. The van der Waals surface area contributed by atoms with Gasteiger partial charge in [-0.2, -0.15) is 5.10 Å². The predicted molar refractivity (Wildman–Crippen MR) is 106 cm³/mol. The Morgan fingerprint density at radius 3 is 2.64 bits per heavy atom. The lowest BCUT2D eigenvalue weighted by molar-refractivity contribution is -0.125. The van der Waals surface area contributed by atoms with E-state index in [2.05, 4.69) is 15.3 Å². The second-order valence-corrected chi connectivity index (χ2v) is 7.53. The first kappa shape index (κ1) is 18.7. The standard InChI is InChI=1S/C21H26N4O3/c26-20-12-19(13-22-25(20)14-16-4-2-1-3-5-16)24-9-6-18(7-10-24)23-21(27)17-8-11-28-15-17/h1-5,12-13,17-18H,6-11,14-15H2,(H,23,27). The van der Waals surface area contributed by atoms with Crippen LogP contribution < -0.4 is 15.8 Å².